The number of hydrogen-bond acceptors (Lipinski definition) is 4. The average molecular weight is 365 g/mol. The van der Waals surface area contributed by atoms with Crippen LogP contribution >= 0.6 is 11.3 Å². The maximum absolute atomic E-state index is 12.7. The maximum atomic E-state index is 12.7. The van der Waals surface area contributed by atoms with Crippen LogP contribution in [0.1, 0.15) is 33.1 Å². The molecule has 2 aromatic carbocycles. The van der Waals surface area contributed by atoms with E-state index in [1.165, 1.54) is 18.4 Å². The van der Waals surface area contributed by atoms with Gasteiger partial charge in [0.1, 0.15) is 4.88 Å². The van der Waals surface area contributed by atoms with Gasteiger partial charge in [0.15, 0.2) is 0 Å². The van der Waals surface area contributed by atoms with Gasteiger partial charge in [0.2, 0.25) is 5.91 Å². The van der Waals surface area contributed by atoms with Crippen molar-refractivity contribution in [2.75, 3.05) is 12.4 Å². The number of amides is 1. The van der Waals surface area contributed by atoms with E-state index in [9.17, 15) is 9.59 Å². The predicted molar refractivity (Wildman–Crippen MR) is 104 cm³/mol. The lowest BCUT2D eigenvalue weighted by atomic mass is 9.88. The fourth-order valence-electron chi connectivity index (χ4n) is 2.84. The van der Waals surface area contributed by atoms with Gasteiger partial charge in [-0.1, -0.05) is 60.7 Å². The number of thiophene rings is 1. The molecule has 1 heterocycles. The summed E-state index contributed by atoms with van der Waals surface area (Å²) in [7, 11) is 1.33. The third kappa shape index (κ3) is 4.18. The first-order valence-electron chi connectivity index (χ1n) is 8.24. The minimum Gasteiger partial charge on any atom is -0.465 e. The first-order valence-corrected chi connectivity index (χ1v) is 9.12. The SMILES string of the molecule is COC(=O)c1sccc1NC(=O)CC(c1ccccc1)c1ccccc1. The molecule has 1 N–H and O–H groups in total. The van der Waals surface area contributed by atoms with Gasteiger partial charge in [-0.2, -0.15) is 0 Å². The summed E-state index contributed by atoms with van der Waals surface area (Å²) in [5.41, 5.74) is 2.64. The third-order valence-electron chi connectivity index (χ3n) is 4.10. The Kier molecular flexibility index (Phi) is 5.81. The highest BCUT2D eigenvalue weighted by Crippen LogP contribution is 2.29. The molecule has 26 heavy (non-hydrogen) atoms. The van der Waals surface area contributed by atoms with Crippen molar-refractivity contribution in [3.63, 3.8) is 0 Å². The smallest absolute Gasteiger partial charge is 0.350 e. The summed E-state index contributed by atoms with van der Waals surface area (Å²) in [5.74, 6) is -0.651. The molecule has 0 unspecified atom stereocenters. The normalized spacial score (nSPS) is 10.5. The Morgan fingerprint density at radius 3 is 2.08 bits per heavy atom. The lowest BCUT2D eigenvalue weighted by Gasteiger charge is -2.18. The van der Waals surface area contributed by atoms with Crippen LogP contribution in [0.4, 0.5) is 5.69 Å². The Morgan fingerprint density at radius 2 is 1.54 bits per heavy atom. The van der Waals surface area contributed by atoms with Crippen LogP contribution in [0, 0.1) is 0 Å². The zero-order chi connectivity index (χ0) is 18.4. The summed E-state index contributed by atoms with van der Waals surface area (Å²) in [5, 5.41) is 4.60. The molecule has 0 aliphatic carbocycles. The zero-order valence-electron chi connectivity index (χ0n) is 14.3. The molecule has 0 atom stereocenters. The van der Waals surface area contributed by atoms with Crippen molar-refractivity contribution in [1.82, 2.24) is 0 Å². The molecule has 1 amide bonds. The van der Waals surface area contributed by atoms with Gasteiger partial charge < -0.3 is 10.1 Å². The molecule has 0 spiro atoms. The number of carbonyl (C=O) groups is 2. The second kappa shape index (κ2) is 8.45. The van der Waals surface area contributed by atoms with Gasteiger partial charge in [-0.05, 0) is 22.6 Å². The van der Waals surface area contributed by atoms with Crippen LogP contribution in [-0.2, 0) is 9.53 Å². The third-order valence-corrected chi connectivity index (χ3v) is 5.00. The monoisotopic (exact) mass is 365 g/mol. The van der Waals surface area contributed by atoms with Crippen molar-refractivity contribution in [2.24, 2.45) is 0 Å². The molecule has 4 nitrogen and oxygen atoms in total. The van der Waals surface area contributed by atoms with Gasteiger partial charge >= 0.3 is 5.97 Å². The van der Waals surface area contributed by atoms with Crippen LogP contribution in [0.3, 0.4) is 0 Å². The zero-order valence-corrected chi connectivity index (χ0v) is 15.2. The van der Waals surface area contributed by atoms with Gasteiger partial charge in [-0.3, -0.25) is 4.79 Å². The van der Waals surface area contributed by atoms with E-state index in [1.807, 2.05) is 60.7 Å². The van der Waals surface area contributed by atoms with E-state index >= 15 is 0 Å². The van der Waals surface area contributed by atoms with Gasteiger partial charge in [-0.15, -0.1) is 11.3 Å². The minimum atomic E-state index is -0.446. The lowest BCUT2D eigenvalue weighted by Crippen LogP contribution is -2.17. The average Bonchev–Trinajstić information content (AvgIpc) is 3.15. The number of ether oxygens (including phenoxy) is 1. The van der Waals surface area contributed by atoms with E-state index in [0.717, 1.165) is 11.1 Å². The molecular weight excluding hydrogens is 346 g/mol. The number of hydrogen-bond donors (Lipinski definition) is 1. The highest BCUT2D eigenvalue weighted by molar-refractivity contribution is 7.12. The number of nitrogens with one attached hydrogen (secondary N) is 1. The highest BCUT2D eigenvalue weighted by atomic mass is 32.1. The molecule has 132 valence electrons. The molecule has 0 bridgehead atoms. The fraction of sp³-hybridized carbons (Fsp3) is 0.143. The summed E-state index contributed by atoms with van der Waals surface area (Å²) in [6.45, 7) is 0. The summed E-state index contributed by atoms with van der Waals surface area (Å²) in [6, 6.07) is 21.6. The van der Waals surface area contributed by atoms with Crippen molar-refractivity contribution >= 4 is 28.9 Å². The van der Waals surface area contributed by atoms with Gasteiger partial charge in [0, 0.05) is 12.3 Å². The Balaban J connectivity index is 1.81. The maximum Gasteiger partial charge on any atom is 0.350 e. The Hall–Kier alpha value is -2.92. The number of anilines is 1. The van der Waals surface area contributed by atoms with Crippen molar-refractivity contribution in [3.05, 3.63) is 88.1 Å². The fourth-order valence-corrected chi connectivity index (χ4v) is 3.61. The summed E-state index contributed by atoms with van der Waals surface area (Å²) >= 11 is 1.25. The first-order chi connectivity index (χ1) is 12.7. The quantitative estimate of drug-likeness (QED) is 0.645. The Bertz CT molecular complexity index is 835. The summed E-state index contributed by atoms with van der Waals surface area (Å²) in [6.07, 6.45) is 0.282. The summed E-state index contributed by atoms with van der Waals surface area (Å²) < 4.78 is 4.76. The van der Waals surface area contributed by atoms with Crippen LogP contribution in [-0.4, -0.2) is 19.0 Å². The van der Waals surface area contributed by atoms with Gasteiger partial charge in [-0.25, -0.2) is 4.79 Å². The molecule has 5 heteroatoms. The summed E-state index contributed by atoms with van der Waals surface area (Å²) in [4.78, 5) is 24.9. The van der Waals surface area contributed by atoms with E-state index in [0.29, 0.717) is 10.6 Å². The van der Waals surface area contributed by atoms with Gasteiger partial charge in [0.05, 0.1) is 12.8 Å². The number of esters is 1. The lowest BCUT2D eigenvalue weighted by molar-refractivity contribution is -0.116. The molecule has 0 fully saturated rings. The van der Waals surface area contributed by atoms with E-state index in [-0.39, 0.29) is 18.2 Å². The van der Waals surface area contributed by atoms with Crippen molar-refractivity contribution in [1.29, 1.82) is 0 Å². The van der Waals surface area contributed by atoms with Crippen LogP contribution in [0.25, 0.3) is 0 Å². The standard InChI is InChI=1S/C21H19NO3S/c1-25-21(24)20-18(12-13-26-20)22-19(23)14-17(15-8-4-2-5-9-15)16-10-6-3-7-11-16/h2-13,17H,14H2,1H3,(H,22,23). The van der Waals surface area contributed by atoms with E-state index < -0.39 is 5.97 Å². The molecule has 0 saturated carbocycles. The largest absolute Gasteiger partial charge is 0.465 e. The molecular formula is C21H19NO3S. The van der Waals surface area contributed by atoms with E-state index in [2.05, 4.69) is 5.32 Å². The number of carbonyl (C=O) groups excluding carboxylic acids is 2. The van der Waals surface area contributed by atoms with E-state index in [1.54, 1.807) is 11.4 Å². The molecule has 3 rings (SSSR count). The van der Waals surface area contributed by atoms with E-state index in [4.69, 9.17) is 4.74 Å². The topological polar surface area (TPSA) is 55.4 Å². The van der Waals surface area contributed by atoms with Crippen molar-refractivity contribution in [3.8, 4) is 0 Å². The second-order valence-corrected chi connectivity index (χ2v) is 6.70. The molecule has 0 saturated heterocycles. The first kappa shape index (κ1) is 17.9. The van der Waals surface area contributed by atoms with Crippen LogP contribution < -0.4 is 5.32 Å². The molecule has 0 aliphatic rings. The predicted octanol–water partition coefficient (Wildman–Crippen LogP) is 4.70. The van der Waals surface area contributed by atoms with Crippen LogP contribution in [0.5, 0.6) is 0 Å². The highest BCUT2D eigenvalue weighted by Gasteiger charge is 2.20. The minimum absolute atomic E-state index is 0.0578. The molecule has 0 aliphatic heterocycles. The van der Waals surface area contributed by atoms with Crippen LogP contribution in [0.15, 0.2) is 72.1 Å². The van der Waals surface area contributed by atoms with Crippen LogP contribution in [0.2, 0.25) is 0 Å². The molecule has 3 aromatic rings. The Labute approximate surface area is 156 Å². The molecule has 1 aromatic heterocycles. The van der Waals surface area contributed by atoms with Crippen molar-refractivity contribution < 1.29 is 14.3 Å². The Morgan fingerprint density at radius 1 is 0.962 bits per heavy atom. The number of benzene rings is 2. The second-order valence-electron chi connectivity index (χ2n) is 5.78. The van der Waals surface area contributed by atoms with Gasteiger partial charge in [0.25, 0.3) is 0 Å². The molecule has 0 radical (unpaired) electrons. The number of rotatable bonds is 6. The number of methoxy groups -OCH3 is 1. The van der Waals surface area contributed by atoms with Crippen molar-refractivity contribution in [2.45, 2.75) is 12.3 Å².